The van der Waals surface area contributed by atoms with Gasteiger partial charge in [-0.3, -0.25) is 0 Å². The number of sulfonamides is 1. The molecule has 0 spiro atoms. The predicted molar refractivity (Wildman–Crippen MR) is 93.0 cm³/mol. The van der Waals surface area contributed by atoms with Crippen molar-refractivity contribution in [3.63, 3.8) is 0 Å². The average Bonchev–Trinajstić information content (AvgIpc) is 3.08. The maximum atomic E-state index is 12.8. The van der Waals surface area contributed by atoms with E-state index in [1.807, 2.05) is 41.8 Å². The molecule has 0 fully saturated rings. The summed E-state index contributed by atoms with van der Waals surface area (Å²) in [6, 6.07) is 15.9. The molecule has 120 valence electrons. The van der Waals surface area contributed by atoms with Crippen LogP contribution in [0.1, 0.15) is 17.3 Å². The number of nitrogens with one attached hydrogen (secondary N) is 1. The molecule has 0 saturated carbocycles. The summed E-state index contributed by atoms with van der Waals surface area (Å²) in [6.07, 6.45) is 0.338. The van der Waals surface area contributed by atoms with Crippen molar-refractivity contribution < 1.29 is 13.5 Å². The van der Waals surface area contributed by atoms with E-state index >= 15 is 0 Å². The van der Waals surface area contributed by atoms with Crippen molar-refractivity contribution in [2.75, 3.05) is 6.61 Å². The van der Waals surface area contributed by atoms with Gasteiger partial charge in [-0.2, -0.15) is 0 Å². The van der Waals surface area contributed by atoms with Gasteiger partial charge in [0.15, 0.2) is 0 Å². The molecular weight excluding hydrogens is 330 g/mol. The molecule has 3 aromatic rings. The number of benzene rings is 2. The highest BCUT2D eigenvalue weighted by atomic mass is 32.2. The zero-order chi connectivity index (χ0) is 16.3. The van der Waals surface area contributed by atoms with Gasteiger partial charge in [-0.25, -0.2) is 13.1 Å². The summed E-state index contributed by atoms with van der Waals surface area (Å²) >= 11 is 1.47. The van der Waals surface area contributed by atoms with Crippen molar-refractivity contribution >= 4 is 32.1 Å². The van der Waals surface area contributed by atoms with Gasteiger partial charge in [0.25, 0.3) is 0 Å². The van der Waals surface area contributed by atoms with Crippen molar-refractivity contribution in [3.05, 3.63) is 64.9 Å². The number of hydrogen-bond donors (Lipinski definition) is 2. The Hall–Kier alpha value is -1.73. The molecule has 0 saturated heterocycles. The van der Waals surface area contributed by atoms with Crippen LogP contribution in [0.2, 0.25) is 0 Å². The second-order valence-electron chi connectivity index (χ2n) is 5.18. The number of hydrogen-bond acceptors (Lipinski definition) is 4. The van der Waals surface area contributed by atoms with E-state index < -0.39 is 16.1 Å². The minimum absolute atomic E-state index is 0.0827. The molecule has 0 aliphatic carbocycles. The third kappa shape index (κ3) is 3.45. The summed E-state index contributed by atoms with van der Waals surface area (Å²) in [5, 5.41) is 12.7. The zero-order valence-electron chi connectivity index (χ0n) is 12.3. The Labute approximate surface area is 139 Å². The molecule has 1 aromatic heterocycles. The molecule has 0 radical (unpaired) electrons. The van der Waals surface area contributed by atoms with E-state index in [-0.39, 0.29) is 11.5 Å². The largest absolute Gasteiger partial charge is 0.396 e. The normalized spacial score (nSPS) is 13.3. The monoisotopic (exact) mass is 347 g/mol. The van der Waals surface area contributed by atoms with Crippen LogP contribution >= 0.6 is 11.3 Å². The van der Waals surface area contributed by atoms with Gasteiger partial charge < -0.3 is 5.11 Å². The van der Waals surface area contributed by atoms with Crippen LogP contribution in [-0.2, 0) is 10.0 Å². The zero-order valence-corrected chi connectivity index (χ0v) is 14.0. The first-order valence-electron chi connectivity index (χ1n) is 7.26. The highest BCUT2D eigenvalue weighted by molar-refractivity contribution is 7.89. The summed E-state index contributed by atoms with van der Waals surface area (Å²) in [7, 11) is -3.69. The third-order valence-electron chi connectivity index (χ3n) is 3.64. The Balaban J connectivity index is 2.00. The average molecular weight is 347 g/mol. The van der Waals surface area contributed by atoms with Crippen molar-refractivity contribution in [2.24, 2.45) is 0 Å². The molecular formula is C17H17NO3S2. The molecule has 0 bridgehead atoms. The molecule has 1 unspecified atom stereocenters. The highest BCUT2D eigenvalue weighted by Crippen LogP contribution is 2.27. The van der Waals surface area contributed by atoms with E-state index in [1.165, 1.54) is 11.3 Å². The number of aliphatic hydroxyl groups is 1. The minimum atomic E-state index is -3.69. The van der Waals surface area contributed by atoms with Crippen LogP contribution in [0.25, 0.3) is 10.8 Å². The maximum absolute atomic E-state index is 12.8. The van der Waals surface area contributed by atoms with E-state index in [1.54, 1.807) is 18.2 Å². The summed E-state index contributed by atoms with van der Waals surface area (Å²) in [6.45, 7) is -0.0827. The Bertz CT molecular complexity index is 884. The second-order valence-corrected chi connectivity index (χ2v) is 7.84. The molecule has 0 aliphatic heterocycles. The number of thiophene rings is 1. The van der Waals surface area contributed by atoms with Crippen LogP contribution in [0.4, 0.5) is 0 Å². The van der Waals surface area contributed by atoms with Crippen LogP contribution in [0.15, 0.2) is 64.9 Å². The smallest absolute Gasteiger partial charge is 0.241 e. The summed E-state index contributed by atoms with van der Waals surface area (Å²) in [5.41, 5.74) is 0. The van der Waals surface area contributed by atoms with E-state index in [0.29, 0.717) is 11.8 Å². The Morgan fingerprint density at radius 3 is 2.57 bits per heavy atom. The van der Waals surface area contributed by atoms with E-state index in [9.17, 15) is 13.5 Å². The molecule has 2 aromatic carbocycles. The standard InChI is InChI=1S/C17H17NO3S2/c19-11-10-15(16-8-4-12-22-16)18-23(20,21)17-9-3-6-13-5-1-2-7-14(13)17/h1-9,12,15,18-19H,10-11H2. The van der Waals surface area contributed by atoms with Gasteiger partial charge in [-0.05, 0) is 29.3 Å². The van der Waals surface area contributed by atoms with Crippen molar-refractivity contribution in [3.8, 4) is 0 Å². The minimum Gasteiger partial charge on any atom is -0.396 e. The van der Waals surface area contributed by atoms with Crippen LogP contribution in [0, 0.1) is 0 Å². The molecule has 23 heavy (non-hydrogen) atoms. The third-order valence-corrected chi connectivity index (χ3v) is 6.16. The van der Waals surface area contributed by atoms with E-state index in [2.05, 4.69) is 4.72 Å². The Morgan fingerprint density at radius 1 is 1.04 bits per heavy atom. The predicted octanol–water partition coefficient (Wildman–Crippen LogP) is 3.30. The second kappa shape index (κ2) is 6.80. The van der Waals surface area contributed by atoms with Crippen molar-refractivity contribution in [2.45, 2.75) is 17.4 Å². The van der Waals surface area contributed by atoms with Gasteiger partial charge in [0.1, 0.15) is 0 Å². The summed E-state index contributed by atoms with van der Waals surface area (Å²) in [5.74, 6) is 0. The van der Waals surface area contributed by atoms with Crippen LogP contribution in [-0.4, -0.2) is 20.1 Å². The summed E-state index contributed by atoms with van der Waals surface area (Å²) in [4.78, 5) is 1.15. The molecule has 4 nitrogen and oxygen atoms in total. The quantitative estimate of drug-likeness (QED) is 0.719. The molecule has 2 N–H and O–H groups in total. The van der Waals surface area contributed by atoms with Crippen LogP contribution in [0.3, 0.4) is 0 Å². The van der Waals surface area contributed by atoms with Gasteiger partial charge in [-0.1, -0.05) is 42.5 Å². The molecule has 3 rings (SSSR count). The Kier molecular flexibility index (Phi) is 4.77. The lowest BCUT2D eigenvalue weighted by atomic mass is 10.1. The lowest BCUT2D eigenvalue weighted by Gasteiger charge is -2.17. The first-order valence-corrected chi connectivity index (χ1v) is 9.62. The van der Waals surface area contributed by atoms with Gasteiger partial charge in [0.2, 0.25) is 10.0 Å². The van der Waals surface area contributed by atoms with Gasteiger partial charge in [0, 0.05) is 16.9 Å². The molecule has 1 heterocycles. The SMILES string of the molecule is O=S(=O)(NC(CCO)c1cccs1)c1cccc2ccccc12. The van der Waals surface area contributed by atoms with Crippen molar-refractivity contribution in [1.29, 1.82) is 0 Å². The van der Waals surface area contributed by atoms with Crippen LogP contribution < -0.4 is 4.72 Å². The Morgan fingerprint density at radius 2 is 1.83 bits per heavy atom. The van der Waals surface area contributed by atoms with Crippen LogP contribution in [0.5, 0.6) is 0 Å². The van der Waals surface area contributed by atoms with E-state index in [4.69, 9.17) is 0 Å². The molecule has 6 heteroatoms. The number of rotatable bonds is 6. The van der Waals surface area contributed by atoms with Gasteiger partial charge in [0.05, 0.1) is 10.9 Å². The van der Waals surface area contributed by atoms with Crippen molar-refractivity contribution in [1.82, 2.24) is 4.72 Å². The fraction of sp³-hybridized carbons (Fsp3) is 0.176. The lowest BCUT2D eigenvalue weighted by Crippen LogP contribution is -2.29. The fourth-order valence-corrected chi connectivity index (χ4v) is 4.93. The topological polar surface area (TPSA) is 66.4 Å². The lowest BCUT2D eigenvalue weighted by molar-refractivity contribution is 0.273. The van der Waals surface area contributed by atoms with Gasteiger partial charge >= 0.3 is 0 Å². The summed E-state index contributed by atoms with van der Waals surface area (Å²) < 4.78 is 28.4. The molecule has 0 amide bonds. The fourth-order valence-electron chi connectivity index (χ4n) is 2.56. The van der Waals surface area contributed by atoms with E-state index in [0.717, 1.165) is 10.3 Å². The molecule has 1 atom stereocenters. The maximum Gasteiger partial charge on any atom is 0.241 e. The first-order chi connectivity index (χ1) is 11.1. The van der Waals surface area contributed by atoms with Gasteiger partial charge in [-0.15, -0.1) is 11.3 Å². The first kappa shape index (κ1) is 16.1. The number of aliphatic hydroxyl groups excluding tert-OH is 1. The number of fused-ring (bicyclic) bond motifs is 1. The highest BCUT2D eigenvalue weighted by Gasteiger charge is 2.23. The molecule has 0 aliphatic rings.